The second-order valence-electron chi connectivity index (χ2n) is 5.59. The minimum Gasteiger partial charge on any atom is -0.353 e. The number of carbonyl (C=O) groups is 1. The molecule has 3 heteroatoms. The van der Waals surface area contributed by atoms with Crippen LogP contribution in [0.1, 0.15) is 47.0 Å². The zero-order valence-electron chi connectivity index (χ0n) is 11.8. The van der Waals surface area contributed by atoms with Gasteiger partial charge in [-0.1, -0.05) is 40.5 Å². The highest BCUT2D eigenvalue weighted by atomic mass is 16.1. The molecule has 1 rings (SSSR count). The van der Waals surface area contributed by atoms with E-state index in [2.05, 4.69) is 31.4 Å². The van der Waals surface area contributed by atoms with Crippen molar-refractivity contribution in [2.75, 3.05) is 13.1 Å². The first-order valence-corrected chi connectivity index (χ1v) is 7.07. The number of rotatable bonds is 5. The predicted octanol–water partition coefficient (Wildman–Crippen LogP) is 2.17. The molecule has 1 fully saturated rings. The lowest BCUT2D eigenvalue weighted by atomic mass is 9.78. The van der Waals surface area contributed by atoms with Crippen LogP contribution in [-0.2, 0) is 4.79 Å². The summed E-state index contributed by atoms with van der Waals surface area (Å²) in [5.74, 6) is 1.62. The molecule has 3 nitrogen and oxygen atoms in total. The molecule has 1 aliphatic carbocycles. The van der Waals surface area contributed by atoms with E-state index in [-0.39, 0.29) is 11.8 Å². The first-order valence-electron chi connectivity index (χ1n) is 7.07. The maximum atomic E-state index is 12.0. The lowest BCUT2D eigenvalue weighted by Gasteiger charge is -2.35. The van der Waals surface area contributed by atoms with Gasteiger partial charge in [0.25, 0.3) is 0 Å². The normalized spacial score (nSPS) is 30.9. The van der Waals surface area contributed by atoms with E-state index < -0.39 is 0 Å². The largest absolute Gasteiger partial charge is 0.353 e. The smallest absolute Gasteiger partial charge is 0.224 e. The average Bonchev–Trinajstić information content (AvgIpc) is 2.31. The molecule has 0 aliphatic heterocycles. The van der Waals surface area contributed by atoms with Crippen molar-refractivity contribution in [3.8, 4) is 0 Å². The van der Waals surface area contributed by atoms with Gasteiger partial charge >= 0.3 is 0 Å². The highest BCUT2D eigenvalue weighted by Crippen LogP contribution is 2.29. The zero-order valence-corrected chi connectivity index (χ0v) is 11.8. The van der Waals surface area contributed by atoms with E-state index in [1.807, 2.05) is 6.92 Å². The van der Waals surface area contributed by atoms with Crippen molar-refractivity contribution in [2.24, 2.45) is 17.8 Å². The Morgan fingerprint density at radius 1 is 1.35 bits per heavy atom. The molecule has 0 heterocycles. The Kier molecular flexibility index (Phi) is 5.96. The van der Waals surface area contributed by atoms with Crippen LogP contribution in [0.25, 0.3) is 0 Å². The third-order valence-electron chi connectivity index (χ3n) is 4.18. The van der Waals surface area contributed by atoms with Gasteiger partial charge in [0.15, 0.2) is 0 Å². The first kappa shape index (κ1) is 14.5. The topological polar surface area (TPSA) is 41.1 Å². The van der Waals surface area contributed by atoms with Crippen molar-refractivity contribution < 1.29 is 4.79 Å². The molecular weight excluding hydrogens is 212 g/mol. The Bertz CT molecular complexity index is 242. The number of amides is 1. The lowest BCUT2D eigenvalue weighted by Crippen LogP contribution is -2.46. The maximum absolute atomic E-state index is 12.0. The van der Waals surface area contributed by atoms with Crippen LogP contribution in [0.5, 0.6) is 0 Å². The van der Waals surface area contributed by atoms with Crippen LogP contribution in [0.3, 0.4) is 0 Å². The summed E-state index contributed by atoms with van der Waals surface area (Å²) in [6, 6.07) is 0.385. The van der Waals surface area contributed by atoms with Crippen LogP contribution < -0.4 is 10.6 Å². The van der Waals surface area contributed by atoms with Crippen molar-refractivity contribution in [1.29, 1.82) is 0 Å². The monoisotopic (exact) mass is 240 g/mol. The second kappa shape index (κ2) is 7.00. The molecule has 0 aromatic carbocycles. The summed E-state index contributed by atoms with van der Waals surface area (Å²) in [7, 11) is 0. The van der Waals surface area contributed by atoms with Gasteiger partial charge in [-0.2, -0.15) is 0 Å². The van der Waals surface area contributed by atoms with Gasteiger partial charge in [-0.05, 0) is 24.8 Å². The SMILES string of the molecule is CCNCC(C)C(=O)NC1CCCC(C)C1C. The third kappa shape index (κ3) is 4.30. The summed E-state index contributed by atoms with van der Waals surface area (Å²) in [5.41, 5.74) is 0. The fraction of sp³-hybridized carbons (Fsp3) is 0.929. The standard InChI is InChI=1S/C14H28N2O/c1-5-15-9-11(3)14(17)16-13-8-6-7-10(2)12(13)4/h10-13,15H,5-9H2,1-4H3,(H,16,17). The van der Waals surface area contributed by atoms with Crippen LogP contribution in [0.4, 0.5) is 0 Å². The molecule has 1 saturated carbocycles. The molecule has 4 unspecified atom stereocenters. The van der Waals surface area contributed by atoms with Crippen LogP contribution in [0, 0.1) is 17.8 Å². The molecule has 0 saturated heterocycles. The fourth-order valence-corrected chi connectivity index (χ4v) is 2.56. The molecule has 0 aromatic rings. The van der Waals surface area contributed by atoms with E-state index in [9.17, 15) is 4.79 Å². The van der Waals surface area contributed by atoms with Gasteiger partial charge in [0.2, 0.25) is 5.91 Å². The molecule has 0 radical (unpaired) electrons. The summed E-state index contributed by atoms with van der Waals surface area (Å²) in [6.45, 7) is 10.3. The summed E-state index contributed by atoms with van der Waals surface area (Å²) in [6.07, 6.45) is 3.70. The maximum Gasteiger partial charge on any atom is 0.224 e. The molecule has 17 heavy (non-hydrogen) atoms. The zero-order chi connectivity index (χ0) is 12.8. The number of hydrogen-bond acceptors (Lipinski definition) is 2. The van der Waals surface area contributed by atoms with Crippen molar-refractivity contribution in [3.63, 3.8) is 0 Å². The highest BCUT2D eigenvalue weighted by Gasteiger charge is 2.28. The summed E-state index contributed by atoms with van der Waals surface area (Å²) >= 11 is 0. The van der Waals surface area contributed by atoms with Crippen LogP contribution >= 0.6 is 0 Å². The predicted molar refractivity (Wildman–Crippen MR) is 71.8 cm³/mol. The van der Waals surface area contributed by atoms with Gasteiger partial charge in [0.05, 0.1) is 0 Å². The molecule has 1 aliphatic rings. The quantitative estimate of drug-likeness (QED) is 0.773. The Morgan fingerprint density at radius 3 is 2.71 bits per heavy atom. The van der Waals surface area contributed by atoms with Gasteiger partial charge < -0.3 is 10.6 Å². The number of hydrogen-bond donors (Lipinski definition) is 2. The van der Waals surface area contributed by atoms with Gasteiger partial charge in [0, 0.05) is 18.5 Å². The van der Waals surface area contributed by atoms with Crippen molar-refractivity contribution in [1.82, 2.24) is 10.6 Å². The molecule has 100 valence electrons. The van der Waals surface area contributed by atoms with Crippen molar-refractivity contribution in [3.05, 3.63) is 0 Å². The van der Waals surface area contributed by atoms with Gasteiger partial charge in [-0.25, -0.2) is 0 Å². The van der Waals surface area contributed by atoms with Gasteiger partial charge in [-0.15, -0.1) is 0 Å². The van der Waals surface area contributed by atoms with Gasteiger partial charge in [0.1, 0.15) is 0 Å². The molecular formula is C14H28N2O. The van der Waals surface area contributed by atoms with E-state index in [1.54, 1.807) is 0 Å². The van der Waals surface area contributed by atoms with Crippen molar-refractivity contribution >= 4 is 5.91 Å². The Morgan fingerprint density at radius 2 is 2.06 bits per heavy atom. The number of nitrogens with one attached hydrogen (secondary N) is 2. The lowest BCUT2D eigenvalue weighted by molar-refractivity contribution is -0.125. The van der Waals surface area contributed by atoms with E-state index in [0.717, 1.165) is 25.4 Å². The molecule has 4 atom stereocenters. The average molecular weight is 240 g/mol. The summed E-state index contributed by atoms with van der Waals surface area (Å²) in [5, 5.41) is 6.45. The second-order valence-corrected chi connectivity index (χ2v) is 5.59. The van der Waals surface area contributed by atoms with E-state index >= 15 is 0 Å². The van der Waals surface area contributed by atoms with Crippen LogP contribution in [-0.4, -0.2) is 25.0 Å². The molecule has 0 aromatic heterocycles. The Balaban J connectivity index is 2.39. The van der Waals surface area contributed by atoms with Gasteiger partial charge in [-0.3, -0.25) is 4.79 Å². The Labute approximate surface area is 106 Å². The Hall–Kier alpha value is -0.570. The van der Waals surface area contributed by atoms with E-state index in [0.29, 0.717) is 12.0 Å². The van der Waals surface area contributed by atoms with Crippen LogP contribution in [0.2, 0.25) is 0 Å². The fourth-order valence-electron chi connectivity index (χ4n) is 2.56. The minimum atomic E-state index is 0.0689. The number of carbonyl (C=O) groups excluding carboxylic acids is 1. The molecule has 0 spiro atoms. The van der Waals surface area contributed by atoms with E-state index in [4.69, 9.17) is 0 Å². The third-order valence-corrected chi connectivity index (χ3v) is 4.18. The van der Waals surface area contributed by atoms with Crippen LogP contribution in [0.15, 0.2) is 0 Å². The van der Waals surface area contributed by atoms with Crippen molar-refractivity contribution in [2.45, 2.75) is 53.0 Å². The first-order chi connectivity index (χ1) is 8.06. The summed E-state index contributed by atoms with van der Waals surface area (Å²) in [4.78, 5) is 12.0. The molecule has 0 bridgehead atoms. The van der Waals surface area contributed by atoms with E-state index in [1.165, 1.54) is 12.8 Å². The highest BCUT2D eigenvalue weighted by molar-refractivity contribution is 5.78. The molecule has 2 N–H and O–H groups in total. The molecule has 1 amide bonds. The minimum absolute atomic E-state index is 0.0689. The summed E-state index contributed by atoms with van der Waals surface area (Å²) < 4.78 is 0.